The van der Waals surface area contributed by atoms with E-state index in [4.69, 9.17) is 14.4 Å². The molecule has 2 aromatic heterocycles. The van der Waals surface area contributed by atoms with Crippen LogP contribution in [0.5, 0.6) is 0 Å². The van der Waals surface area contributed by atoms with E-state index >= 15 is 0 Å². The van der Waals surface area contributed by atoms with Crippen LogP contribution in [0, 0.1) is 0 Å². The van der Waals surface area contributed by atoms with Crippen LogP contribution in [0.3, 0.4) is 0 Å². The van der Waals surface area contributed by atoms with Gasteiger partial charge < -0.3 is 4.42 Å². The quantitative estimate of drug-likeness (QED) is 0.178. The molecule has 2 heterocycles. The van der Waals surface area contributed by atoms with E-state index in [2.05, 4.69) is 190 Å². The number of aromatic nitrogens is 2. The molecule has 264 valence electrons. The van der Waals surface area contributed by atoms with Crippen molar-refractivity contribution >= 4 is 32.7 Å². The Hall–Kier alpha value is -7.10. The Labute approximate surface area is 325 Å². The van der Waals surface area contributed by atoms with Gasteiger partial charge in [0.2, 0.25) is 0 Å². The van der Waals surface area contributed by atoms with Crippen LogP contribution >= 0.6 is 0 Å². The Morgan fingerprint density at radius 2 is 1.00 bits per heavy atom. The van der Waals surface area contributed by atoms with Crippen molar-refractivity contribution in [1.29, 1.82) is 0 Å². The minimum atomic E-state index is -0.122. The second-order valence-corrected chi connectivity index (χ2v) is 15.3. The first-order chi connectivity index (χ1) is 27.5. The molecule has 1 aliphatic carbocycles. The van der Waals surface area contributed by atoms with Crippen LogP contribution in [0.1, 0.15) is 25.0 Å². The molecule has 0 radical (unpaired) electrons. The third kappa shape index (κ3) is 5.05. The summed E-state index contributed by atoms with van der Waals surface area (Å²) in [6.45, 7) is 4.65. The molecule has 0 saturated heterocycles. The number of furan rings is 1. The predicted octanol–water partition coefficient (Wildman–Crippen LogP) is 14.2. The number of hydrogen-bond donors (Lipinski definition) is 0. The Morgan fingerprint density at radius 1 is 0.393 bits per heavy atom. The fraction of sp³-hybridized carbons (Fsp3) is 0.0566. The second kappa shape index (κ2) is 12.5. The molecule has 0 saturated carbocycles. The van der Waals surface area contributed by atoms with E-state index in [0.29, 0.717) is 5.82 Å². The van der Waals surface area contributed by atoms with E-state index in [-0.39, 0.29) is 5.41 Å². The second-order valence-electron chi connectivity index (χ2n) is 15.3. The van der Waals surface area contributed by atoms with Crippen molar-refractivity contribution in [2.75, 3.05) is 0 Å². The van der Waals surface area contributed by atoms with Gasteiger partial charge in [-0.15, -0.1) is 0 Å². The summed E-state index contributed by atoms with van der Waals surface area (Å²) in [5.41, 5.74) is 16.0. The van der Waals surface area contributed by atoms with Gasteiger partial charge in [0.15, 0.2) is 5.82 Å². The first kappa shape index (κ1) is 32.3. The first-order valence-electron chi connectivity index (χ1n) is 19.2. The molecule has 0 unspecified atom stereocenters. The van der Waals surface area contributed by atoms with Gasteiger partial charge in [0.1, 0.15) is 11.2 Å². The lowest BCUT2D eigenvalue weighted by Gasteiger charge is -2.21. The fourth-order valence-corrected chi connectivity index (χ4v) is 8.90. The minimum Gasteiger partial charge on any atom is -0.455 e. The maximum Gasteiger partial charge on any atom is 0.160 e. The van der Waals surface area contributed by atoms with E-state index in [1.807, 2.05) is 6.07 Å². The van der Waals surface area contributed by atoms with Gasteiger partial charge in [0.25, 0.3) is 0 Å². The third-order valence-electron chi connectivity index (χ3n) is 11.7. The highest BCUT2D eigenvalue weighted by Gasteiger charge is 2.36. The van der Waals surface area contributed by atoms with Crippen LogP contribution in [0.4, 0.5) is 0 Å². The molecule has 0 N–H and O–H groups in total. The zero-order chi connectivity index (χ0) is 37.4. The highest BCUT2D eigenvalue weighted by Crippen LogP contribution is 2.52. The van der Waals surface area contributed by atoms with Crippen molar-refractivity contribution in [3.8, 4) is 67.3 Å². The molecule has 1 aliphatic rings. The summed E-state index contributed by atoms with van der Waals surface area (Å²) < 4.78 is 6.86. The summed E-state index contributed by atoms with van der Waals surface area (Å²) in [5, 5.41) is 4.50. The fourth-order valence-electron chi connectivity index (χ4n) is 8.90. The first-order valence-corrected chi connectivity index (χ1v) is 19.2. The van der Waals surface area contributed by atoms with Gasteiger partial charge in [-0.25, -0.2) is 9.97 Å². The standard InChI is InChI=1S/C53H36N2O/c1-53(2)45-25-12-11-21-43(45)49-44(24-14-26-46(49)53)48-32-47(54-52(55-48)35-18-7-4-8-19-35)38-30-36(33-15-5-3-6-16-33)29-37(31-38)40-22-13-23-41-42-28-27-34-17-9-10-20-39(34)50(42)56-51(40)41/h3-32H,1-2H3. The van der Waals surface area contributed by atoms with E-state index in [1.165, 1.54) is 27.6 Å². The predicted molar refractivity (Wildman–Crippen MR) is 232 cm³/mol. The van der Waals surface area contributed by atoms with Crippen LogP contribution in [0.2, 0.25) is 0 Å². The lowest BCUT2D eigenvalue weighted by molar-refractivity contribution is 0.660. The topological polar surface area (TPSA) is 38.9 Å². The number of benzene rings is 8. The molecule has 0 amide bonds. The van der Waals surface area contributed by atoms with Gasteiger partial charge in [-0.3, -0.25) is 0 Å². The van der Waals surface area contributed by atoms with Gasteiger partial charge in [0, 0.05) is 43.8 Å². The number of fused-ring (bicyclic) bond motifs is 8. The minimum absolute atomic E-state index is 0.122. The molecule has 0 atom stereocenters. The van der Waals surface area contributed by atoms with Gasteiger partial charge in [-0.2, -0.15) is 0 Å². The summed E-state index contributed by atoms with van der Waals surface area (Å²) in [6, 6.07) is 64.7. The van der Waals surface area contributed by atoms with Crippen LogP contribution in [-0.4, -0.2) is 9.97 Å². The molecule has 0 spiro atoms. The van der Waals surface area contributed by atoms with Crippen molar-refractivity contribution in [1.82, 2.24) is 9.97 Å². The zero-order valence-corrected chi connectivity index (χ0v) is 31.1. The lowest BCUT2D eigenvalue weighted by Crippen LogP contribution is -2.14. The average molecular weight is 717 g/mol. The summed E-state index contributed by atoms with van der Waals surface area (Å²) in [4.78, 5) is 10.7. The summed E-state index contributed by atoms with van der Waals surface area (Å²) >= 11 is 0. The summed E-state index contributed by atoms with van der Waals surface area (Å²) in [5.74, 6) is 0.694. The molecular formula is C53H36N2O. The highest BCUT2D eigenvalue weighted by molar-refractivity contribution is 6.17. The maximum atomic E-state index is 6.86. The van der Waals surface area contributed by atoms with Crippen molar-refractivity contribution in [2.45, 2.75) is 19.3 Å². The average Bonchev–Trinajstić information content (AvgIpc) is 3.76. The largest absolute Gasteiger partial charge is 0.455 e. The van der Waals surface area contributed by atoms with E-state index in [1.54, 1.807) is 0 Å². The number of rotatable bonds is 5. The number of hydrogen-bond acceptors (Lipinski definition) is 3. The molecular weight excluding hydrogens is 681 g/mol. The molecule has 3 nitrogen and oxygen atoms in total. The summed E-state index contributed by atoms with van der Waals surface area (Å²) in [7, 11) is 0. The molecule has 0 aliphatic heterocycles. The monoisotopic (exact) mass is 716 g/mol. The smallest absolute Gasteiger partial charge is 0.160 e. The third-order valence-corrected chi connectivity index (χ3v) is 11.7. The van der Waals surface area contributed by atoms with Crippen LogP contribution in [0.15, 0.2) is 186 Å². The molecule has 8 aromatic carbocycles. The molecule has 0 fully saturated rings. The van der Waals surface area contributed by atoms with E-state index in [9.17, 15) is 0 Å². The van der Waals surface area contributed by atoms with Crippen molar-refractivity contribution in [3.05, 3.63) is 193 Å². The number of nitrogens with zero attached hydrogens (tertiary/aromatic N) is 2. The lowest BCUT2D eigenvalue weighted by atomic mass is 9.82. The summed E-state index contributed by atoms with van der Waals surface area (Å²) in [6.07, 6.45) is 0. The Bertz CT molecular complexity index is 3160. The Morgan fingerprint density at radius 3 is 1.86 bits per heavy atom. The van der Waals surface area contributed by atoms with Crippen molar-refractivity contribution in [3.63, 3.8) is 0 Å². The van der Waals surface area contributed by atoms with Gasteiger partial charge in [-0.05, 0) is 74.7 Å². The van der Waals surface area contributed by atoms with Crippen molar-refractivity contribution < 1.29 is 4.42 Å². The van der Waals surface area contributed by atoms with Crippen LogP contribution < -0.4 is 0 Å². The normalized spacial score (nSPS) is 13.0. The zero-order valence-electron chi connectivity index (χ0n) is 31.1. The van der Waals surface area contributed by atoms with Crippen molar-refractivity contribution in [2.24, 2.45) is 0 Å². The van der Waals surface area contributed by atoms with Crippen LogP contribution in [0.25, 0.3) is 100.0 Å². The molecule has 11 rings (SSSR count). The molecule has 56 heavy (non-hydrogen) atoms. The Kier molecular flexibility index (Phi) is 7.20. The Balaban J connectivity index is 1.17. The SMILES string of the molecule is CC1(C)c2ccccc2-c2c(-c3cc(-c4cc(-c5ccccc5)cc(-c5cccc6c5oc5c7ccccc7ccc65)c4)nc(-c4ccccc4)n3)cccc21. The number of para-hydroxylation sites is 1. The molecule has 0 bridgehead atoms. The van der Waals surface area contributed by atoms with Gasteiger partial charge in [0.05, 0.1) is 11.4 Å². The van der Waals surface area contributed by atoms with E-state index in [0.717, 1.165) is 77.7 Å². The molecule has 10 aromatic rings. The van der Waals surface area contributed by atoms with E-state index < -0.39 is 0 Å². The maximum absolute atomic E-state index is 6.86. The molecule has 3 heteroatoms. The van der Waals surface area contributed by atoms with Crippen LogP contribution in [-0.2, 0) is 5.41 Å². The highest BCUT2D eigenvalue weighted by atomic mass is 16.3. The van der Waals surface area contributed by atoms with Gasteiger partial charge in [-0.1, -0.05) is 166 Å². The van der Waals surface area contributed by atoms with Gasteiger partial charge >= 0.3 is 0 Å².